The van der Waals surface area contributed by atoms with Crippen molar-refractivity contribution in [2.45, 2.75) is 26.2 Å². The fraction of sp³-hybridized carbons (Fsp3) is 0.500. The Labute approximate surface area is 95.2 Å². The van der Waals surface area contributed by atoms with Gasteiger partial charge in [0.25, 0.3) is 0 Å². The van der Waals surface area contributed by atoms with Gasteiger partial charge < -0.3 is 9.73 Å². The highest BCUT2D eigenvalue weighted by atomic mass is 16.3. The van der Waals surface area contributed by atoms with Gasteiger partial charge >= 0.3 is 0 Å². The largest absolute Gasteiger partial charge is 0.469 e. The molecule has 0 saturated carbocycles. The molecule has 0 saturated heterocycles. The van der Waals surface area contributed by atoms with Crippen molar-refractivity contribution in [2.75, 3.05) is 6.54 Å². The maximum atomic E-state index is 11.5. The van der Waals surface area contributed by atoms with Crippen molar-refractivity contribution in [3.63, 3.8) is 0 Å². The first-order valence-corrected chi connectivity index (χ1v) is 5.47. The molecule has 0 aliphatic carbocycles. The van der Waals surface area contributed by atoms with Crippen LogP contribution in [0, 0.1) is 17.2 Å². The summed E-state index contributed by atoms with van der Waals surface area (Å²) in [6, 6.07) is 5.68. The fourth-order valence-electron chi connectivity index (χ4n) is 1.43. The Bertz CT molecular complexity index is 352. The first kappa shape index (κ1) is 12.3. The minimum Gasteiger partial charge on any atom is -0.469 e. The quantitative estimate of drug-likeness (QED) is 0.796. The maximum Gasteiger partial charge on any atom is 0.237 e. The van der Waals surface area contributed by atoms with Gasteiger partial charge in [-0.15, -0.1) is 0 Å². The molecule has 16 heavy (non-hydrogen) atoms. The van der Waals surface area contributed by atoms with E-state index >= 15 is 0 Å². The average Bonchev–Trinajstić information content (AvgIpc) is 2.78. The predicted molar refractivity (Wildman–Crippen MR) is 59.4 cm³/mol. The third-order valence-electron chi connectivity index (χ3n) is 2.30. The third kappa shape index (κ3) is 3.77. The number of carbonyl (C=O) groups excluding carboxylic acids is 1. The van der Waals surface area contributed by atoms with Crippen LogP contribution in [0.25, 0.3) is 0 Å². The highest BCUT2D eigenvalue weighted by molar-refractivity contribution is 5.80. The summed E-state index contributed by atoms with van der Waals surface area (Å²) in [6.45, 7) is 2.47. The molecule has 86 valence electrons. The summed E-state index contributed by atoms with van der Waals surface area (Å²) < 4.78 is 5.13. The van der Waals surface area contributed by atoms with Gasteiger partial charge in [-0.3, -0.25) is 4.79 Å². The summed E-state index contributed by atoms with van der Waals surface area (Å²) in [7, 11) is 0. The summed E-state index contributed by atoms with van der Waals surface area (Å²) >= 11 is 0. The molecule has 0 spiro atoms. The van der Waals surface area contributed by atoms with E-state index in [1.807, 2.05) is 25.1 Å². The number of hydrogen-bond donors (Lipinski definition) is 1. The first-order chi connectivity index (χ1) is 7.77. The van der Waals surface area contributed by atoms with Gasteiger partial charge in [-0.25, -0.2) is 0 Å². The number of nitrogens with zero attached hydrogens (tertiary/aromatic N) is 1. The zero-order valence-electron chi connectivity index (χ0n) is 9.40. The standard InChI is InChI=1S/C12H16N2O2/c1-2-4-10(9-13)12(15)14-7-6-11-5-3-8-16-11/h3,5,8,10H,2,4,6-7H2,1H3,(H,14,15). The zero-order chi connectivity index (χ0) is 11.8. The van der Waals surface area contributed by atoms with Crippen LogP contribution in [0.4, 0.5) is 0 Å². The van der Waals surface area contributed by atoms with E-state index in [9.17, 15) is 4.79 Å². The number of nitriles is 1. The van der Waals surface area contributed by atoms with E-state index in [2.05, 4.69) is 5.32 Å². The molecule has 1 aromatic rings. The molecule has 0 fully saturated rings. The second-order valence-electron chi connectivity index (χ2n) is 3.59. The van der Waals surface area contributed by atoms with Crippen LogP contribution in [-0.2, 0) is 11.2 Å². The summed E-state index contributed by atoms with van der Waals surface area (Å²) in [4.78, 5) is 11.5. The summed E-state index contributed by atoms with van der Waals surface area (Å²) in [5, 5.41) is 11.5. The van der Waals surface area contributed by atoms with Crippen molar-refractivity contribution in [2.24, 2.45) is 5.92 Å². The zero-order valence-corrected chi connectivity index (χ0v) is 9.40. The van der Waals surface area contributed by atoms with Gasteiger partial charge in [0.1, 0.15) is 11.7 Å². The molecule has 0 bridgehead atoms. The van der Waals surface area contributed by atoms with E-state index in [4.69, 9.17) is 9.68 Å². The van der Waals surface area contributed by atoms with Gasteiger partial charge in [-0.05, 0) is 18.6 Å². The second-order valence-corrected chi connectivity index (χ2v) is 3.59. The minimum atomic E-state index is -0.526. The number of nitrogens with one attached hydrogen (secondary N) is 1. The van der Waals surface area contributed by atoms with Crippen LogP contribution in [0.2, 0.25) is 0 Å². The summed E-state index contributed by atoms with van der Waals surface area (Å²) in [6.07, 6.45) is 3.71. The van der Waals surface area contributed by atoms with E-state index in [1.165, 1.54) is 0 Å². The number of furan rings is 1. The second kappa shape index (κ2) is 6.67. The van der Waals surface area contributed by atoms with Gasteiger partial charge in [0, 0.05) is 13.0 Å². The van der Waals surface area contributed by atoms with Crippen LogP contribution in [0.1, 0.15) is 25.5 Å². The molecule has 0 aliphatic heterocycles. The number of rotatable bonds is 6. The summed E-state index contributed by atoms with van der Waals surface area (Å²) in [5.41, 5.74) is 0. The Balaban J connectivity index is 2.27. The van der Waals surface area contributed by atoms with Crippen LogP contribution >= 0.6 is 0 Å². The van der Waals surface area contributed by atoms with Crippen molar-refractivity contribution >= 4 is 5.91 Å². The molecular formula is C12H16N2O2. The molecular weight excluding hydrogens is 204 g/mol. The third-order valence-corrected chi connectivity index (χ3v) is 2.30. The Morgan fingerprint density at radius 3 is 3.06 bits per heavy atom. The van der Waals surface area contributed by atoms with Crippen molar-refractivity contribution in [3.8, 4) is 6.07 Å². The minimum absolute atomic E-state index is 0.184. The Hall–Kier alpha value is -1.76. The highest BCUT2D eigenvalue weighted by Gasteiger charge is 2.15. The molecule has 1 amide bonds. The first-order valence-electron chi connectivity index (χ1n) is 5.47. The van der Waals surface area contributed by atoms with Gasteiger partial charge in [0.2, 0.25) is 5.91 Å². The van der Waals surface area contributed by atoms with Crippen molar-refractivity contribution in [3.05, 3.63) is 24.2 Å². The molecule has 1 atom stereocenters. The number of carbonyl (C=O) groups is 1. The molecule has 1 rings (SSSR count). The predicted octanol–water partition coefficient (Wildman–Crippen LogP) is 1.88. The maximum absolute atomic E-state index is 11.5. The lowest BCUT2D eigenvalue weighted by Crippen LogP contribution is -2.31. The molecule has 1 N–H and O–H groups in total. The average molecular weight is 220 g/mol. The lowest BCUT2D eigenvalue weighted by Gasteiger charge is -2.08. The monoisotopic (exact) mass is 220 g/mol. The van der Waals surface area contributed by atoms with Crippen molar-refractivity contribution < 1.29 is 9.21 Å². The Morgan fingerprint density at radius 2 is 2.50 bits per heavy atom. The van der Waals surface area contributed by atoms with Gasteiger partial charge in [-0.1, -0.05) is 13.3 Å². The van der Waals surface area contributed by atoms with Crippen LogP contribution in [0.3, 0.4) is 0 Å². The van der Waals surface area contributed by atoms with Crippen LogP contribution < -0.4 is 5.32 Å². The molecule has 1 heterocycles. The van der Waals surface area contributed by atoms with Gasteiger partial charge in [-0.2, -0.15) is 5.26 Å². The van der Waals surface area contributed by atoms with Crippen LogP contribution in [0.5, 0.6) is 0 Å². The van der Waals surface area contributed by atoms with Crippen molar-refractivity contribution in [1.82, 2.24) is 5.32 Å². The van der Waals surface area contributed by atoms with Crippen LogP contribution in [0.15, 0.2) is 22.8 Å². The molecule has 0 aliphatic rings. The molecule has 1 unspecified atom stereocenters. The smallest absolute Gasteiger partial charge is 0.237 e. The molecule has 4 heteroatoms. The number of hydrogen-bond acceptors (Lipinski definition) is 3. The molecule has 4 nitrogen and oxygen atoms in total. The molecule has 0 aromatic carbocycles. The number of amides is 1. The topological polar surface area (TPSA) is 66.0 Å². The Kier molecular flexibility index (Phi) is 5.13. The van der Waals surface area contributed by atoms with Gasteiger partial charge in [0.15, 0.2) is 0 Å². The van der Waals surface area contributed by atoms with E-state index < -0.39 is 5.92 Å². The molecule has 1 aromatic heterocycles. The van der Waals surface area contributed by atoms with E-state index in [1.54, 1.807) is 6.26 Å². The highest BCUT2D eigenvalue weighted by Crippen LogP contribution is 2.05. The lowest BCUT2D eigenvalue weighted by atomic mass is 10.1. The lowest BCUT2D eigenvalue weighted by molar-refractivity contribution is -0.123. The normalized spacial score (nSPS) is 11.8. The van der Waals surface area contributed by atoms with E-state index in [-0.39, 0.29) is 5.91 Å². The van der Waals surface area contributed by atoms with E-state index in [0.717, 1.165) is 12.2 Å². The molecule has 0 radical (unpaired) electrons. The van der Waals surface area contributed by atoms with E-state index in [0.29, 0.717) is 19.4 Å². The van der Waals surface area contributed by atoms with Crippen LogP contribution in [-0.4, -0.2) is 12.5 Å². The van der Waals surface area contributed by atoms with Crippen molar-refractivity contribution in [1.29, 1.82) is 5.26 Å². The SMILES string of the molecule is CCCC(C#N)C(=O)NCCc1ccco1. The fourth-order valence-corrected chi connectivity index (χ4v) is 1.43. The summed E-state index contributed by atoms with van der Waals surface area (Å²) in [5.74, 6) is 0.127. The van der Waals surface area contributed by atoms with Gasteiger partial charge in [0.05, 0.1) is 12.3 Å². The Morgan fingerprint density at radius 1 is 1.69 bits per heavy atom.